The fourth-order valence-electron chi connectivity index (χ4n) is 1.88. The predicted octanol–water partition coefficient (Wildman–Crippen LogP) is 0.347. The summed E-state index contributed by atoms with van der Waals surface area (Å²) in [6.45, 7) is 1.94. The molecule has 1 aliphatic rings. The summed E-state index contributed by atoms with van der Waals surface area (Å²) in [4.78, 5) is 0. The molecule has 2 rings (SSSR count). The van der Waals surface area contributed by atoms with Gasteiger partial charge < -0.3 is 10.1 Å². The van der Waals surface area contributed by atoms with E-state index < -0.39 is 10.0 Å². The van der Waals surface area contributed by atoms with Gasteiger partial charge in [-0.15, -0.1) is 0 Å². The number of rotatable bonds is 6. The van der Waals surface area contributed by atoms with Gasteiger partial charge in [-0.1, -0.05) is 18.2 Å². The van der Waals surface area contributed by atoms with E-state index in [1.165, 1.54) is 0 Å². The van der Waals surface area contributed by atoms with Crippen LogP contribution in [0.15, 0.2) is 30.3 Å². The van der Waals surface area contributed by atoms with Gasteiger partial charge in [0.15, 0.2) is 0 Å². The summed E-state index contributed by atoms with van der Waals surface area (Å²) in [5.74, 6) is 0.749. The molecular formula is C12H18N2O3S. The van der Waals surface area contributed by atoms with E-state index in [0.29, 0.717) is 26.1 Å². The van der Waals surface area contributed by atoms with Crippen molar-refractivity contribution in [2.75, 3.05) is 26.2 Å². The van der Waals surface area contributed by atoms with E-state index >= 15 is 0 Å². The molecule has 0 spiro atoms. The van der Waals surface area contributed by atoms with Gasteiger partial charge in [0.05, 0.1) is 5.25 Å². The largest absolute Gasteiger partial charge is 0.492 e. The van der Waals surface area contributed by atoms with Crippen molar-refractivity contribution in [3.63, 3.8) is 0 Å². The molecule has 0 aromatic heterocycles. The number of sulfonamides is 1. The number of hydrogen-bond acceptors (Lipinski definition) is 4. The SMILES string of the molecule is O=S(=O)(NCCOc1ccccc1)C1CCNC1. The summed E-state index contributed by atoms with van der Waals surface area (Å²) >= 11 is 0. The summed E-state index contributed by atoms with van der Waals surface area (Å²) in [6.07, 6.45) is 0.675. The van der Waals surface area contributed by atoms with E-state index in [2.05, 4.69) is 10.0 Å². The molecule has 1 aliphatic heterocycles. The smallest absolute Gasteiger partial charge is 0.215 e. The number of hydrogen-bond donors (Lipinski definition) is 2. The zero-order valence-electron chi connectivity index (χ0n) is 10.1. The Labute approximate surface area is 108 Å². The van der Waals surface area contributed by atoms with Crippen LogP contribution in [0.4, 0.5) is 0 Å². The third-order valence-electron chi connectivity index (χ3n) is 2.87. The first-order valence-electron chi connectivity index (χ1n) is 6.05. The standard InChI is InChI=1S/C12H18N2O3S/c15-18(16,12-6-7-13-10-12)14-8-9-17-11-4-2-1-3-5-11/h1-5,12-14H,6-10H2. The minimum atomic E-state index is -3.21. The first kappa shape index (κ1) is 13.3. The van der Waals surface area contributed by atoms with Crippen LogP contribution < -0.4 is 14.8 Å². The molecule has 1 saturated heterocycles. The van der Waals surface area contributed by atoms with Crippen molar-refractivity contribution in [2.24, 2.45) is 0 Å². The number of nitrogens with one attached hydrogen (secondary N) is 2. The highest BCUT2D eigenvalue weighted by molar-refractivity contribution is 7.90. The monoisotopic (exact) mass is 270 g/mol. The highest BCUT2D eigenvalue weighted by atomic mass is 32.2. The molecule has 0 radical (unpaired) electrons. The molecule has 18 heavy (non-hydrogen) atoms. The Morgan fingerprint density at radius 1 is 1.33 bits per heavy atom. The van der Waals surface area contributed by atoms with Crippen LogP contribution in [-0.2, 0) is 10.0 Å². The number of para-hydroxylation sites is 1. The Kier molecular flexibility index (Phi) is 4.57. The molecule has 1 aromatic rings. The van der Waals surface area contributed by atoms with E-state index in [9.17, 15) is 8.42 Å². The van der Waals surface area contributed by atoms with Crippen LogP contribution in [0.5, 0.6) is 5.75 Å². The first-order valence-corrected chi connectivity index (χ1v) is 7.60. The van der Waals surface area contributed by atoms with E-state index in [1.54, 1.807) is 0 Å². The van der Waals surface area contributed by atoms with Gasteiger partial charge in [-0.25, -0.2) is 13.1 Å². The molecule has 1 aromatic carbocycles. The average molecular weight is 270 g/mol. The van der Waals surface area contributed by atoms with Crippen LogP contribution in [0, 0.1) is 0 Å². The second-order valence-corrected chi connectivity index (χ2v) is 6.26. The van der Waals surface area contributed by atoms with Crippen molar-refractivity contribution in [2.45, 2.75) is 11.7 Å². The molecule has 1 heterocycles. The molecular weight excluding hydrogens is 252 g/mol. The van der Waals surface area contributed by atoms with Crippen LogP contribution in [0.3, 0.4) is 0 Å². The predicted molar refractivity (Wildman–Crippen MR) is 70.1 cm³/mol. The Morgan fingerprint density at radius 2 is 2.11 bits per heavy atom. The number of ether oxygens (including phenoxy) is 1. The van der Waals surface area contributed by atoms with Crippen molar-refractivity contribution in [3.05, 3.63) is 30.3 Å². The summed E-state index contributed by atoms with van der Waals surface area (Å²) in [5, 5.41) is 2.73. The topological polar surface area (TPSA) is 67.4 Å². The third kappa shape index (κ3) is 3.69. The van der Waals surface area contributed by atoms with Gasteiger partial charge >= 0.3 is 0 Å². The van der Waals surface area contributed by atoms with E-state index in [4.69, 9.17) is 4.74 Å². The fraction of sp³-hybridized carbons (Fsp3) is 0.500. The summed E-state index contributed by atoms with van der Waals surface area (Å²) < 4.78 is 31.7. The minimum Gasteiger partial charge on any atom is -0.492 e. The van der Waals surface area contributed by atoms with Crippen molar-refractivity contribution < 1.29 is 13.2 Å². The molecule has 2 N–H and O–H groups in total. The average Bonchev–Trinajstić information content (AvgIpc) is 2.91. The van der Waals surface area contributed by atoms with Gasteiger partial charge in [0.1, 0.15) is 12.4 Å². The highest BCUT2D eigenvalue weighted by Crippen LogP contribution is 2.09. The summed E-state index contributed by atoms with van der Waals surface area (Å²) in [7, 11) is -3.21. The Morgan fingerprint density at radius 3 is 2.78 bits per heavy atom. The minimum absolute atomic E-state index is 0.299. The van der Waals surface area contributed by atoms with E-state index in [1.807, 2.05) is 30.3 Å². The molecule has 0 amide bonds. The zero-order chi connectivity index (χ0) is 12.8. The van der Waals surface area contributed by atoms with Gasteiger partial charge in [0.2, 0.25) is 10.0 Å². The highest BCUT2D eigenvalue weighted by Gasteiger charge is 2.27. The number of benzene rings is 1. The molecule has 6 heteroatoms. The lowest BCUT2D eigenvalue weighted by Gasteiger charge is -2.12. The zero-order valence-corrected chi connectivity index (χ0v) is 10.9. The molecule has 0 saturated carbocycles. The lowest BCUT2D eigenvalue weighted by atomic mass is 10.3. The second-order valence-electron chi connectivity index (χ2n) is 4.22. The van der Waals surface area contributed by atoms with Gasteiger partial charge in [0.25, 0.3) is 0 Å². The Bertz CT molecular complexity index is 455. The third-order valence-corrected chi connectivity index (χ3v) is 4.76. The summed E-state index contributed by atoms with van der Waals surface area (Å²) in [6, 6.07) is 9.35. The lowest BCUT2D eigenvalue weighted by molar-refractivity contribution is 0.322. The van der Waals surface area contributed by atoms with Gasteiger partial charge in [-0.2, -0.15) is 0 Å². The fourth-order valence-corrected chi connectivity index (χ4v) is 3.25. The van der Waals surface area contributed by atoms with Gasteiger partial charge in [-0.05, 0) is 25.1 Å². The molecule has 100 valence electrons. The Balaban J connectivity index is 1.72. The molecule has 1 atom stereocenters. The van der Waals surface area contributed by atoms with Gasteiger partial charge in [0, 0.05) is 13.1 Å². The maximum atomic E-state index is 11.8. The second kappa shape index (κ2) is 6.17. The molecule has 5 nitrogen and oxygen atoms in total. The maximum Gasteiger partial charge on any atom is 0.215 e. The summed E-state index contributed by atoms with van der Waals surface area (Å²) in [5.41, 5.74) is 0. The van der Waals surface area contributed by atoms with Crippen molar-refractivity contribution in [1.29, 1.82) is 0 Å². The Hall–Kier alpha value is -1.11. The van der Waals surface area contributed by atoms with Gasteiger partial charge in [-0.3, -0.25) is 0 Å². The molecule has 0 bridgehead atoms. The lowest BCUT2D eigenvalue weighted by Crippen LogP contribution is -2.37. The van der Waals surface area contributed by atoms with Crippen molar-refractivity contribution in [3.8, 4) is 5.75 Å². The van der Waals surface area contributed by atoms with E-state index in [-0.39, 0.29) is 5.25 Å². The maximum absolute atomic E-state index is 11.8. The normalized spacial score (nSPS) is 19.9. The quantitative estimate of drug-likeness (QED) is 0.732. The molecule has 0 aliphatic carbocycles. The van der Waals surface area contributed by atoms with Crippen LogP contribution in [0.25, 0.3) is 0 Å². The van der Waals surface area contributed by atoms with Crippen LogP contribution >= 0.6 is 0 Å². The van der Waals surface area contributed by atoms with Crippen LogP contribution in [-0.4, -0.2) is 39.9 Å². The van der Waals surface area contributed by atoms with E-state index in [0.717, 1.165) is 12.3 Å². The molecule has 1 unspecified atom stereocenters. The van der Waals surface area contributed by atoms with Crippen molar-refractivity contribution >= 4 is 10.0 Å². The first-order chi connectivity index (χ1) is 8.68. The van der Waals surface area contributed by atoms with Crippen LogP contribution in [0.1, 0.15) is 6.42 Å². The van der Waals surface area contributed by atoms with Crippen LogP contribution in [0.2, 0.25) is 0 Å². The molecule has 1 fully saturated rings. The van der Waals surface area contributed by atoms with Crippen molar-refractivity contribution in [1.82, 2.24) is 10.0 Å².